The summed E-state index contributed by atoms with van der Waals surface area (Å²) in [6.07, 6.45) is 4.59. The van der Waals surface area contributed by atoms with E-state index in [0.29, 0.717) is 18.6 Å². The third-order valence-electron chi connectivity index (χ3n) is 7.89. The van der Waals surface area contributed by atoms with Gasteiger partial charge < -0.3 is 10.2 Å². The van der Waals surface area contributed by atoms with Crippen molar-refractivity contribution in [3.05, 3.63) is 71.8 Å². The second kappa shape index (κ2) is 12.3. The summed E-state index contributed by atoms with van der Waals surface area (Å²) in [5.74, 6) is 0.572. The lowest BCUT2D eigenvalue weighted by molar-refractivity contribution is -0.119. The first-order valence-corrected chi connectivity index (χ1v) is 12.1. The van der Waals surface area contributed by atoms with Gasteiger partial charge in [-0.2, -0.15) is 0 Å². The van der Waals surface area contributed by atoms with E-state index in [0.717, 1.165) is 25.7 Å². The molecule has 0 heterocycles. The van der Waals surface area contributed by atoms with Crippen LogP contribution in [0, 0.1) is 11.8 Å². The van der Waals surface area contributed by atoms with E-state index < -0.39 is 0 Å². The van der Waals surface area contributed by atoms with Gasteiger partial charge in [-0.15, -0.1) is 0 Å². The molecule has 0 fully saturated rings. The Morgan fingerprint density at radius 3 is 1.38 bits per heavy atom. The van der Waals surface area contributed by atoms with Crippen molar-refractivity contribution in [3.8, 4) is 0 Å². The highest BCUT2D eigenvalue weighted by Crippen LogP contribution is 2.38. The molecular weight excluding hydrogens is 396 g/mol. The molecule has 0 spiro atoms. The maximum absolute atomic E-state index is 12.7. The zero-order valence-electron chi connectivity index (χ0n) is 20.4. The van der Waals surface area contributed by atoms with E-state index in [1.807, 2.05) is 36.4 Å². The van der Waals surface area contributed by atoms with Crippen LogP contribution in [-0.4, -0.2) is 29.2 Å². The predicted molar refractivity (Wildman–Crippen MR) is 133 cm³/mol. The van der Waals surface area contributed by atoms with E-state index >= 15 is 0 Å². The number of benzene rings is 2. The number of hydrogen-bond acceptors (Lipinski definition) is 3. The van der Waals surface area contributed by atoms with Crippen LogP contribution in [0.2, 0.25) is 0 Å². The summed E-state index contributed by atoms with van der Waals surface area (Å²) in [6, 6.07) is 20.7. The summed E-state index contributed by atoms with van der Waals surface area (Å²) >= 11 is 0. The van der Waals surface area contributed by atoms with Crippen LogP contribution in [-0.2, 0) is 15.6 Å². The lowest BCUT2D eigenvalue weighted by Gasteiger charge is -2.36. The summed E-state index contributed by atoms with van der Waals surface area (Å²) < 4.78 is 0. The van der Waals surface area contributed by atoms with Crippen LogP contribution in [0.3, 0.4) is 0 Å². The number of carbonyl (C=O) groups excluding carboxylic acids is 1. The van der Waals surface area contributed by atoms with Crippen molar-refractivity contribution in [3.63, 3.8) is 0 Å². The molecular formula is C29H42O3. The van der Waals surface area contributed by atoms with Gasteiger partial charge in [-0.1, -0.05) is 88.4 Å². The zero-order valence-corrected chi connectivity index (χ0v) is 20.4. The molecule has 0 aliphatic heterocycles. The quantitative estimate of drug-likeness (QED) is 0.376. The van der Waals surface area contributed by atoms with E-state index in [9.17, 15) is 15.0 Å². The standard InChI is InChI=1S/C29H42O3/c1-23(21-30)28(3,25-13-7-5-8-14-25)19-11-17-27(32)18-12-20-29(4,24(2)22-31)26-15-9-6-10-16-26/h5-10,13-16,23-24,30-31H,11-12,17-22H2,1-4H3. The molecule has 2 aromatic rings. The average molecular weight is 439 g/mol. The summed E-state index contributed by atoms with van der Waals surface area (Å²) in [7, 11) is 0. The molecule has 0 radical (unpaired) electrons. The number of aliphatic hydroxyl groups excluding tert-OH is 2. The molecule has 0 amide bonds. The van der Waals surface area contributed by atoms with Gasteiger partial charge in [0.15, 0.2) is 0 Å². The van der Waals surface area contributed by atoms with Crippen molar-refractivity contribution in [1.29, 1.82) is 0 Å². The monoisotopic (exact) mass is 438 g/mol. The third-order valence-corrected chi connectivity index (χ3v) is 7.89. The molecule has 0 bridgehead atoms. The van der Waals surface area contributed by atoms with Crippen molar-refractivity contribution in [1.82, 2.24) is 0 Å². The minimum atomic E-state index is -0.140. The first-order valence-electron chi connectivity index (χ1n) is 12.1. The first-order chi connectivity index (χ1) is 15.3. The number of carbonyl (C=O) groups is 1. The lowest BCUT2D eigenvalue weighted by Crippen LogP contribution is -2.33. The van der Waals surface area contributed by atoms with E-state index in [1.54, 1.807) is 0 Å². The van der Waals surface area contributed by atoms with Crippen molar-refractivity contribution in [2.45, 2.75) is 77.0 Å². The first kappa shape index (κ1) is 26.3. The molecule has 4 unspecified atom stereocenters. The van der Waals surface area contributed by atoms with Crippen LogP contribution in [0.1, 0.15) is 77.3 Å². The van der Waals surface area contributed by atoms with Crippen molar-refractivity contribution in [2.75, 3.05) is 13.2 Å². The summed E-state index contributed by atoms with van der Waals surface area (Å²) in [6.45, 7) is 8.86. The van der Waals surface area contributed by atoms with Crippen LogP contribution in [0.5, 0.6) is 0 Å². The molecule has 0 aromatic heterocycles. The van der Waals surface area contributed by atoms with Crippen LogP contribution in [0.25, 0.3) is 0 Å². The highest BCUT2D eigenvalue weighted by molar-refractivity contribution is 5.78. The van der Waals surface area contributed by atoms with Crippen molar-refractivity contribution < 1.29 is 15.0 Å². The van der Waals surface area contributed by atoms with E-state index in [1.165, 1.54) is 11.1 Å². The number of rotatable bonds is 14. The Labute approximate surface area is 194 Å². The summed E-state index contributed by atoms with van der Waals surface area (Å²) in [5.41, 5.74) is 2.17. The van der Waals surface area contributed by atoms with Crippen LogP contribution < -0.4 is 0 Å². The number of ketones is 1. The minimum absolute atomic E-state index is 0.131. The molecule has 3 nitrogen and oxygen atoms in total. The van der Waals surface area contributed by atoms with Crippen LogP contribution >= 0.6 is 0 Å². The fourth-order valence-corrected chi connectivity index (χ4v) is 4.82. The maximum Gasteiger partial charge on any atom is 0.132 e. The molecule has 32 heavy (non-hydrogen) atoms. The normalized spacial score (nSPS) is 17.2. The Bertz CT molecular complexity index is 736. The van der Waals surface area contributed by atoms with Gasteiger partial charge in [-0.05, 0) is 59.5 Å². The van der Waals surface area contributed by atoms with Crippen molar-refractivity contribution in [2.24, 2.45) is 11.8 Å². The molecule has 0 aliphatic carbocycles. The Morgan fingerprint density at radius 2 is 1.06 bits per heavy atom. The fourth-order valence-electron chi connectivity index (χ4n) is 4.82. The topological polar surface area (TPSA) is 57.5 Å². The predicted octanol–water partition coefficient (Wildman–Crippen LogP) is 6.07. The van der Waals surface area contributed by atoms with E-state index in [2.05, 4.69) is 52.0 Å². The van der Waals surface area contributed by atoms with Crippen LogP contribution in [0.15, 0.2) is 60.7 Å². The zero-order chi connectivity index (χ0) is 23.6. The van der Waals surface area contributed by atoms with E-state index in [-0.39, 0.29) is 35.9 Å². The van der Waals surface area contributed by atoms with Crippen LogP contribution in [0.4, 0.5) is 0 Å². The Morgan fingerprint density at radius 1 is 0.719 bits per heavy atom. The lowest BCUT2D eigenvalue weighted by atomic mass is 9.69. The average Bonchev–Trinajstić information content (AvgIpc) is 2.83. The largest absolute Gasteiger partial charge is 0.396 e. The molecule has 4 atom stereocenters. The Balaban J connectivity index is 1.91. The molecule has 0 aliphatic rings. The molecule has 3 heteroatoms. The van der Waals surface area contributed by atoms with Gasteiger partial charge in [-0.3, -0.25) is 4.79 Å². The molecule has 2 aromatic carbocycles. The fraction of sp³-hybridized carbons (Fsp3) is 0.552. The second-order valence-electron chi connectivity index (χ2n) is 9.98. The number of hydrogen-bond donors (Lipinski definition) is 2. The molecule has 0 saturated carbocycles. The molecule has 176 valence electrons. The Kier molecular flexibility index (Phi) is 10.1. The highest BCUT2D eigenvalue weighted by atomic mass is 16.3. The second-order valence-corrected chi connectivity index (χ2v) is 9.98. The van der Waals surface area contributed by atoms with Gasteiger partial charge in [0, 0.05) is 26.1 Å². The smallest absolute Gasteiger partial charge is 0.132 e. The number of aliphatic hydroxyl groups is 2. The van der Waals surface area contributed by atoms with Gasteiger partial charge in [-0.25, -0.2) is 0 Å². The van der Waals surface area contributed by atoms with E-state index in [4.69, 9.17) is 0 Å². The van der Waals surface area contributed by atoms with Gasteiger partial charge in [0.1, 0.15) is 5.78 Å². The Hall–Kier alpha value is -1.97. The summed E-state index contributed by atoms with van der Waals surface area (Å²) in [4.78, 5) is 12.7. The number of Topliss-reactive ketones (excluding diaryl/α,β-unsaturated/α-hetero) is 1. The van der Waals surface area contributed by atoms with Gasteiger partial charge in [0.05, 0.1) is 0 Å². The third kappa shape index (κ3) is 6.52. The SMILES string of the molecule is CC(CO)C(C)(CCCC(=O)CCCC(C)(c1ccccc1)C(C)CO)c1ccccc1. The van der Waals surface area contributed by atoms with Gasteiger partial charge in [0.25, 0.3) is 0 Å². The molecule has 2 rings (SSSR count). The minimum Gasteiger partial charge on any atom is -0.396 e. The molecule has 0 saturated heterocycles. The summed E-state index contributed by atoms with van der Waals surface area (Å²) in [5, 5.41) is 19.6. The van der Waals surface area contributed by atoms with Gasteiger partial charge >= 0.3 is 0 Å². The van der Waals surface area contributed by atoms with Gasteiger partial charge in [0.2, 0.25) is 0 Å². The molecule has 2 N–H and O–H groups in total. The van der Waals surface area contributed by atoms with Crippen molar-refractivity contribution >= 4 is 5.78 Å². The maximum atomic E-state index is 12.7. The highest BCUT2D eigenvalue weighted by Gasteiger charge is 2.33.